The SMILES string of the molecule is Cc1cccc(C)c1N=C1CCCN1C. The Morgan fingerprint density at radius 1 is 1.20 bits per heavy atom. The zero-order valence-electron chi connectivity index (χ0n) is 9.75. The van der Waals surface area contributed by atoms with Crippen LogP contribution in [0.25, 0.3) is 0 Å². The van der Waals surface area contributed by atoms with Gasteiger partial charge in [0, 0.05) is 20.0 Å². The van der Waals surface area contributed by atoms with Crippen LogP contribution in [0.1, 0.15) is 24.0 Å². The van der Waals surface area contributed by atoms with Crippen molar-refractivity contribution in [1.82, 2.24) is 4.90 Å². The van der Waals surface area contributed by atoms with Crippen LogP contribution < -0.4 is 0 Å². The lowest BCUT2D eigenvalue weighted by Gasteiger charge is -2.12. The van der Waals surface area contributed by atoms with Crippen LogP contribution in [-0.2, 0) is 0 Å². The topological polar surface area (TPSA) is 15.6 Å². The maximum atomic E-state index is 4.78. The number of amidine groups is 1. The van der Waals surface area contributed by atoms with E-state index < -0.39 is 0 Å². The lowest BCUT2D eigenvalue weighted by Crippen LogP contribution is -2.18. The van der Waals surface area contributed by atoms with Gasteiger partial charge in [0.1, 0.15) is 5.84 Å². The lowest BCUT2D eigenvalue weighted by atomic mass is 10.1. The summed E-state index contributed by atoms with van der Waals surface area (Å²) in [7, 11) is 2.12. The molecule has 0 aromatic heterocycles. The number of rotatable bonds is 1. The summed E-state index contributed by atoms with van der Waals surface area (Å²) in [6, 6.07) is 6.34. The molecule has 0 spiro atoms. The number of benzene rings is 1. The van der Waals surface area contributed by atoms with E-state index in [-0.39, 0.29) is 0 Å². The molecule has 0 amide bonds. The minimum absolute atomic E-state index is 1.12. The molecule has 2 rings (SSSR count). The van der Waals surface area contributed by atoms with Gasteiger partial charge < -0.3 is 4.90 Å². The highest BCUT2D eigenvalue weighted by molar-refractivity contribution is 5.87. The van der Waals surface area contributed by atoms with Gasteiger partial charge in [-0.3, -0.25) is 0 Å². The minimum Gasteiger partial charge on any atom is -0.363 e. The Morgan fingerprint density at radius 3 is 2.40 bits per heavy atom. The quantitative estimate of drug-likeness (QED) is 0.683. The zero-order chi connectivity index (χ0) is 10.8. The number of nitrogens with zero attached hydrogens (tertiary/aromatic N) is 2. The molecule has 2 heteroatoms. The Hall–Kier alpha value is -1.31. The first kappa shape index (κ1) is 10.2. The maximum absolute atomic E-state index is 4.78. The molecule has 1 aromatic rings. The minimum atomic E-state index is 1.12. The van der Waals surface area contributed by atoms with E-state index in [2.05, 4.69) is 44.0 Å². The van der Waals surface area contributed by atoms with Crippen LogP contribution in [0.15, 0.2) is 23.2 Å². The van der Waals surface area contributed by atoms with Gasteiger partial charge in [-0.15, -0.1) is 0 Å². The van der Waals surface area contributed by atoms with Crippen molar-refractivity contribution in [2.24, 2.45) is 4.99 Å². The van der Waals surface area contributed by atoms with E-state index in [1.807, 2.05) is 0 Å². The molecule has 0 saturated carbocycles. The second-order valence-corrected chi connectivity index (χ2v) is 4.29. The van der Waals surface area contributed by atoms with Gasteiger partial charge in [-0.2, -0.15) is 0 Å². The largest absolute Gasteiger partial charge is 0.363 e. The molecule has 15 heavy (non-hydrogen) atoms. The number of hydrogen-bond acceptors (Lipinski definition) is 1. The van der Waals surface area contributed by atoms with E-state index in [1.165, 1.54) is 23.4 Å². The van der Waals surface area contributed by atoms with E-state index in [0.717, 1.165) is 18.7 Å². The van der Waals surface area contributed by atoms with Gasteiger partial charge in [0.2, 0.25) is 0 Å². The summed E-state index contributed by atoms with van der Waals surface area (Å²) < 4.78 is 0. The number of aryl methyl sites for hydroxylation is 2. The van der Waals surface area contributed by atoms with Crippen LogP contribution in [-0.4, -0.2) is 24.3 Å². The number of likely N-dealkylation sites (tertiary alicyclic amines) is 1. The van der Waals surface area contributed by atoms with E-state index >= 15 is 0 Å². The lowest BCUT2D eigenvalue weighted by molar-refractivity contribution is 0.550. The first-order valence-electron chi connectivity index (χ1n) is 5.53. The Balaban J connectivity index is 2.38. The molecule has 0 unspecified atom stereocenters. The third-order valence-corrected chi connectivity index (χ3v) is 3.01. The fourth-order valence-corrected chi connectivity index (χ4v) is 2.05. The second kappa shape index (κ2) is 4.05. The zero-order valence-corrected chi connectivity index (χ0v) is 9.75. The van der Waals surface area contributed by atoms with Crippen molar-refractivity contribution < 1.29 is 0 Å². The van der Waals surface area contributed by atoms with Crippen molar-refractivity contribution in [3.63, 3.8) is 0 Å². The molecular formula is C13H18N2. The van der Waals surface area contributed by atoms with Crippen LogP contribution in [0.3, 0.4) is 0 Å². The molecule has 0 aliphatic carbocycles. The van der Waals surface area contributed by atoms with Gasteiger partial charge in [-0.1, -0.05) is 18.2 Å². The molecule has 1 aromatic carbocycles. The van der Waals surface area contributed by atoms with E-state index in [0.29, 0.717) is 0 Å². The highest BCUT2D eigenvalue weighted by Crippen LogP contribution is 2.25. The van der Waals surface area contributed by atoms with Gasteiger partial charge in [0.05, 0.1) is 5.69 Å². The van der Waals surface area contributed by atoms with Crippen LogP contribution in [0.5, 0.6) is 0 Å². The molecule has 2 nitrogen and oxygen atoms in total. The molecule has 80 valence electrons. The van der Waals surface area contributed by atoms with Crippen molar-refractivity contribution >= 4 is 11.5 Å². The smallest absolute Gasteiger partial charge is 0.105 e. The summed E-state index contributed by atoms with van der Waals surface area (Å²) in [5.41, 5.74) is 3.69. The van der Waals surface area contributed by atoms with Crippen molar-refractivity contribution in [1.29, 1.82) is 0 Å². The Morgan fingerprint density at radius 2 is 1.87 bits per heavy atom. The van der Waals surface area contributed by atoms with Crippen LogP contribution in [0.4, 0.5) is 5.69 Å². The maximum Gasteiger partial charge on any atom is 0.105 e. The summed E-state index contributed by atoms with van der Waals surface area (Å²) in [5, 5.41) is 0. The predicted molar refractivity (Wildman–Crippen MR) is 64.9 cm³/mol. The number of aliphatic imine (C=N–C) groups is 1. The molecule has 1 saturated heterocycles. The molecule has 0 radical (unpaired) electrons. The predicted octanol–water partition coefficient (Wildman–Crippen LogP) is 3.06. The highest BCUT2D eigenvalue weighted by atomic mass is 15.2. The highest BCUT2D eigenvalue weighted by Gasteiger charge is 2.14. The number of hydrogen-bond donors (Lipinski definition) is 0. The van der Waals surface area contributed by atoms with Gasteiger partial charge in [0.25, 0.3) is 0 Å². The molecule has 1 aliphatic rings. The monoisotopic (exact) mass is 202 g/mol. The fraction of sp³-hybridized carbons (Fsp3) is 0.462. The van der Waals surface area contributed by atoms with E-state index in [4.69, 9.17) is 4.99 Å². The molecule has 1 aliphatic heterocycles. The Bertz CT molecular complexity index is 373. The van der Waals surface area contributed by atoms with Crippen LogP contribution in [0.2, 0.25) is 0 Å². The summed E-state index contributed by atoms with van der Waals surface area (Å²) in [6.07, 6.45) is 2.35. The normalized spacial score (nSPS) is 18.9. The first-order chi connectivity index (χ1) is 7.18. The summed E-state index contributed by atoms with van der Waals surface area (Å²) in [4.78, 5) is 7.04. The van der Waals surface area contributed by atoms with Crippen molar-refractivity contribution in [3.05, 3.63) is 29.3 Å². The van der Waals surface area contributed by atoms with Crippen LogP contribution in [0, 0.1) is 13.8 Å². The van der Waals surface area contributed by atoms with Crippen molar-refractivity contribution in [3.8, 4) is 0 Å². The summed E-state index contributed by atoms with van der Waals surface area (Å²) >= 11 is 0. The van der Waals surface area contributed by atoms with Gasteiger partial charge >= 0.3 is 0 Å². The summed E-state index contributed by atoms with van der Waals surface area (Å²) in [5.74, 6) is 1.23. The molecule has 0 atom stereocenters. The molecular weight excluding hydrogens is 184 g/mol. The van der Waals surface area contributed by atoms with Crippen molar-refractivity contribution in [2.75, 3.05) is 13.6 Å². The molecule has 0 bridgehead atoms. The third-order valence-electron chi connectivity index (χ3n) is 3.01. The van der Waals surface area contributed by atoms with E-state index in [1.54, 1.807) is 0 Å². The standard InChI is InChI=1S/C13H18N2/c1-10-6-4-7-11(2)13(10)14-12-8-5-9-15(12)3/h4,6-7H,5,8-9H2,1-3H3. The fourth-order valence-electron chi connectivity index (χ4n) is 2.05. The van der Waals surface area contributed by atoms with Crippen molar-refractivity contribution in [2.45, 2.75) is 26.7 Å². The average Bonchev–Trinajstić information content (AvgIpc) is 2.58. The Labute approximate surface area is 91.6 Å². The average molecular weight is 202 g/mol. The first-order valence-corrected chi connectivity index (χ1v) is 5.53. The number of para-hydroxylation sites is 1. The van der Waals surface area contributed by atoms with Gasteiger partial charge in [-0.05, 0) is 31.4 Å². The Kier molecular flexibility index (Phi) is 2.76. The molecule has 1 heterocycles. The van der Waals surface area contributed by atoms with Gasteiger partial charge in [-0.25, -0.2) is 4.99 Å². The molecule has 0 N–H and O–H groups in total. The van der Waals surface area contributed by atoms with Crippen LogP contribution >= 0.6 is 0 Å². The van der Waals surface area contributed by atoms with Gasteiger partial charge in [0.15, 0.2) is 0 Å². The van der Waals surface area contributed by atoms with E-state index in [9.17, 15) is 0 Å². The third kappa shape index (κ3) is 2.04. The molecule has 1 fully saturated rings. The second-order valence-electron chi connectivity index (χ2n) is 4.29. The summed E-state index contributed by atoms with van der Waals surface area (Å²) in [6.45, 7) is 5.40.